The van der Waals surface area contributed by atoms with E-state index in [0.29, 0.717) is 0 Å². The Balaban J connectivity index is 0.910. The van der Waals surface area contributed by atoms with Crippen LogP contribution in [0.15, 0.2) is 237 Å². The molecule has 10 aromatic carbocycles. The average molecular weight is 814 g/mol. The van der Waals surface area contributed by atoms with E-state index in [1.807, 2.05) is 0 Å². The first kappa shape index (κ1) is 35.4. The molecular weight excluding hydrogens is 775 g/mol. The molecule has 0 unspecified atom stereocenters. The minimum Gasteiger partial charge on any atom is -0.457 e. The Labute approximate surface area is 373 Å². The molecule has 1 heterocycles. The van der Waals surface area contributed by atoms with Gasteiger partial charge in [-0.15, -0.1) is 0 Å². The maximum atomic E-state index is 6.64. The van der Waals surface area contributed by atoms with Crippen LogP contribution in [-0.2, 0) is 10.8 Å². The van der Waals surface area contributed by atoms with Gasteiger partial charge in [0.25, 0.3) is 0 Å². The van der Waals surface area contributed by atoms with Gasteiger partial charge in [0.05, 0.1) is 10.8 Å². The molecule has 0 bridgehead atoms. The van der Waals surface area contributed by atoms with Crippen LogP contribution in [0.4, 0.5) is 17.1 Å². The van der Waals surface area contributed by atoms with E-state index >= 15 is 0 Å². The molecule has 4 aliphatic rings. The minimum absolute atomic E-state index is 0.345. The molecule has 0 fully saturated rings. The SMILES string of the molecule is c1ccc(N(c2ccc(-c3ccc4c(c3)-c3ccccc3C43c4ccccc4-c4ccccc43)cc2)c2ccc3c(c2)C2(c4ccccc4Oc4ccccc42)c2ccccc2-3)cc1. The van der Waals surface area contributed by atoms with Crippen molar-refractivity contribution in [3.05, 3.63) is 281 Å². The predicted molar refractivity (Wildman–Crippen MR) is 260 cm³/mol. The van der Waals surface area contributed by atoms with Gasteiger partial charge in [0, 0.05) is 28.2 Å². The summed E-state index contributed by atoms with van der Waals surface area (Å²) >= 11 is 0. The summed E-state index contributed by atoms with van der Waals surface area (Å²) in [6.45, 7) is 0. The van der Waals surface area contributed by atoms with Crippen molar-refractivity contribution < 1.29 is 4.74 Å². The van der Waals surface area contributed by atoms with Gasteiger partial charge in [0.15, 0.2) is 0 Å². The summed E-state index contributed by atoms with van der Waals surface area (Å²) in [5.74, 6) is 1.79. The summed E-state index contributed by atoms with van der Waals surface area (Å²) in [6, 6.07) is 87.3. The van der Waals surface area contributed by atoms with Crippen molar-refractivity contribution in [3.8, 4) is 56.0 Å². The van der Waals surface area contributed by atoms with Gasteiger partial charge in [-0.25, -0.2) is 0 Å². The van der Waals surface area contributed by atoms with Crippen LogP contribution in [-0.4, -0.2) is 0 Å². The Hall–Kier alpha value is -8.20. The van der Waals surface area contributed by atoms with E-state index in [0.717, 1.165) is 39.7 Å². The van der Waals surface area contributed by atoms with Crippen LogP contribution in [0.25, 0.3) is 44.5 Å². The molecule has 0 N–H and O–H groups in total. The molecule has 0 aromatic heterocycles. The highest BCUT2D eigenvalue weighted by Crippen LogP contribution is 2.64. The molecule has 1 aliphatic heterocycles. The van der Waals surface area contributed by atoms with Gasteiger partial charge >= 0.3 is 0 Å². The van der Waals surface area contributed by atoms with E-state index in [9.17, 15) is 0 Å². The highest BCUT2D eigenvalue weighted by atomic mass is 16.5. The third kappa shape index (κ3) is 4.54. The minimum atomic E-state index is -0.549. The molecule has 0 amide bonds. The number of benzene rings is 10. The quantitative estimate of drug-likeness (QED) is 0.175. The molecule has 0 radical (unpaired) electrons. The van der Waals surface area contributed by atoms with Crippen LogP contribution in [0.3, 0.4) is 0 Å². The Morgan fingerprint density at radius 1 is 0.250 bits per heavy atom. The van der Waals surface area contributed by atoms with Crippen LogP contribution in [0.5, 0.6) is 11.5 Å². The molecule has 2 spiro atoms. The van der Waals surface area contributed by atoms with Crippen LogP contribution in [0.2, 0.25) is 0 Å². The lowest BCUT2D eigenvalue weighted by Gasteiger charge is -2.39. The molecule has 10 aromatic rings. The van der Waals surface area contributed by atoms with Crippen LogP contribution >= 0.6 is 0 Å². The van der Waals surface area contributed by atoms with E-state index < -0.39 is 5.41 Å². The number of rotatable bonds is 4. The molecule has 3 aliphatic carbocycles. The van der Waals surface area contributed by atoms with E-state index in [-0.39, 0.29) is 5.41 Å². The van der Waals surface area contributed by atoms with Crippen molar-refractivity contribution >= 4 is 17.1 Å². The maximum absolute atomic E-state index is 6.64. The number of hydrogen-bond acceptors (Lipinski definition) is 2. The Morgan fingerprint density at radius 3 is 1.20 bits per heavy atom. The lowest BCUT2D eigenvalue weighted by molar-refractivity contribution is 0.436. The lowest BCUT2D eigenvalue weighted by atomic mass is 9.66. The predicted octanol–water partition coefficient (Wildman–Crippen LogP) is 15.6. The highest BCUT2D eigenvalue weighted by molar-refractivity contribution is 5.96. The highest BCUT2D eigenvalue weighted by Gasteiger charge is 2.53. The Bertz CT molecular complexity index is 3460. The van der Waals surface area contributed by atoms with Crippen LogP contribution in [0.1, 0.15) is 44.5 Å². The van der Waals surface area contributed by atoms with Crippen molar-refractivity contribution in [3.63, 3.8) is 0 Å². The first-order valence-electron chi connectivity index (χ1n) is 22.3. The van der Waals surface area contributed by atoms with Crippen molar-refractivity contribution in [1.82, 2.24) is 0 Å². The van der Waals surface area contributed by atoms with Gasteiger partial charge in [0.1, 0.15) is 11.5 Å². The van der Waals surface area contributed by atoms with Crippen molar-refractivity contribution in [1.29, 1.82) is 0 Å². The fourth-order valence-electron chi connectivity index (χ4n) is 12.1. The average Bonchev–Trinajstić information content (AvgIpc) is 3.95. The second-order valence-electron chi connectivity index (χ2n) is 17.5. The van der Waals surface area contributed by atoms with Gasteiger partial charge in [-0.2, -0.15) is 0 Å². The second-order valence-corrected chi connectivity index (χ2v) is 17.5. The fourth-order valence-corrected chi connectivity index (χ4v) is 12.1. The third-order valence-corrected chi connectivity index (χ3v) is 14.6. The van der Waals surface area contributed by atoms with E-state index in [1.54, 1.807) is 0 Å². The number of hydrogen-bond donors (Lipinski definition) is 0. The summed E-state index contributed by atoms with van der Waals surface area (Å²) in [5, 5.41) is 0. The number of anilines is 3. The smallest absolute Gasteiger partial charge is 0.132 e. The van der Waals surface area contributed by atoms with E-state index in [2.05, 4.69) is 241 Å². The zero-order valence-corrected chi connectivity index (χ0v) is 34.9. The van der Waals surface area contributed by atoms with Crippen molar-refractivity contribution in [2.24, 2.45) is 0 Å². The zero-order chi connectivity index (χ0) is 42.0. The monoisotopic (exact) mass is 813 g/mol. The Morgan fingerprint density at radius 2 is 0.641 bits per heavy atom. The molecule has 2 heteroatoms. The summed E-state index contributed by atoms with van der Waals surface area (Å²) in [5.41, 5.74) is 22.9. The summed E-state index contributed by atoms with van der Waals surface area (Å²) in [6.07, 6.45) is 0. The van der Waals surface area contributed by atoms with Gasteiger partial charge in [-0.3, -0.25) is 0 Å². The van der Waals surface area contributed by atoms with E-state index in [1.165, 1.54) is 77.9 Å². The summed E-state index contributed by atoms with van der Waals surface area (Å²) < 4.78 is 6.64. The lowest BCUT2D eigenvalue weighted by Crippen LogP contribution is -2.32. The van der Waals surface area contributed by atoms with Gasteiger partial charge in [0.2, 0.25) is 0 Å². The van der Waals surface area contributed by atoms with Crippen LogP contribution in [0, 0.1) is 0 Å². The largest absolute Gasteiger partial charge is 0.457 e. The topological polar surface area (TPSA) is 12.5 Å². The molecule has 0 saturated heterocycles. The molecule has 298 valence electrons. The number of nitrogens with zero attached hydrogens (tertiary/aromatic N) is 1. The normalized spacial score (nSPS) is 14.3. The first-order valence-corrected chi connectivity index (χ1v) is 22.3. The molecule has 2 nitrogen and oxygen atoms in total. The van der Waals surface area contributed by atoms with Gasteiger partial charge in [-0.1, -0.05) is 182 Å². The maximum Gasteiger partial charge on any atom is 0.132 e. The Kier molecular flexibility index (Phi) is 7.28. The van der Waals surface area contributed by atoms with Gasteiger partial charge in [-0.05, 0) is 132 Å². The number of para-hydroxylation sites is 3. The summed E-state index contributed by atoms with van der Waals surface area (Å²) in [7, 11) is 0. The third-order valence-electron chi connectivity index (χ3n) is 14.6. The second kappa shape index (κ2) is 13.2. The molecule has 64 heavy (non-hydrogen) atoms. The first-order chi connectivity index (χ1) is 31.7. The van der Waals surface area contributed by atoms with Crippen molar-refractivity contribution in [2.45, 2.75) is 10.8 Å². The molecule has 0 saturated carbocycles. The van der Waals surface area contributed by atoms with Crippen molar-refractivity contribution in [2.75, 3.05) is 4.90 Å². The molecule has 14 rings (SSSR count). The van der Waals surface area contributed by atoms with Gasteiger partial charge < -0.3 is 9.64 Å². The number of ether oxygens (including phenoxy) is 1. The summed E-state index contributed by atoms with van der Waals surface area (Å²) in [4.78, 5) is 2.40. The fraction of sp³-hybridized carbons (Fsp3) is 0.0323. The standard InChI is InChI=1S/C62H39NO/c1-2-16-42(17-3-1)63(44-35-36-49-47-20-6-10-24-53(47)62(58(49)39-44)56-26-12-14-28-59(56)64-60-29-15-13-27-57(60)62)43-33-30-40(31-34-43)41-32-37-55-50(38-41)48-21-7-11-25-54(48)61(55)51-22-8-4-18-45(51)46-19-5-9-23-52(46)61/h1-39H. The molecular formula is C62H39NO. The van der Waals surface area contributed by atoms with E-state index in [4.69, 9.17) is 4.74 Å². The van der Waals surface area contributed by atoms with Crippen LogP contribution < -0.4 is 9.64 Å². The molecule has 0 atom stereocenters. The zero-order valence-electron chi connectivity index (χ0n) is 34.9. The number of fused-ring (bicyclic) bond motifs is 19.